The predicted molar refractivity (Wildman–Crippen MR) is 88.8 cm³/mol. The normalized spacial score (nSPS) is 21.2. The Labute approximate surface area is 145 Å². The summed E-state index contributed by atoms with van der Waals surface area (Å²) in [5, 5.41) is 21.0. The maximum atomic E-state index is 13.0. The van der Waals surface area contributed by atoms with Crippen molar-refractivity contribution in [2.45, 2.75) is 25.0 Å². The van der Waals surface area contributed by atoms with Crippen LogP contribution in [0, 0.1) is 5.82 Å². The Morgan fingerprint density at radius 1 is 1.44 bits per heavy atom. The number of hydrogen-bond donors (Lipinski definition) is 2. The van der Waals surface area contributed by atoms with Crippen LogP contribution in [0.15, 0.2) is 30.5 Å². The number of rotatable bonds is 5. The zero-order chi connectivity index (χ0) is 17.9. The molecular formula is C17H22FN5O2. The van der Waals surface area contributed by atoms with Crippen LogP contribution in [0.5, 0.6) is 0 Å². The summed E-state index contributed by atoms with van der Waals surface area (Å²) in [6.45, 7) is 1.73. The number of likely N-dealkylation sites (N-methyl/N-ethyl adjacent to an activating group) is 1. The van der Waals surface area contributed by atoms with E-state index in [-0.39, 0.29) is 18.3 Å². The SMILES string of the molecule is CN(Cc1ccc(F)cc1)C(=O)CN1CCC[C@](O)(c2cn[nH]n2)C1. The molecule has 1 aliphatic rings. The van der Waals surface area contributed by atoms with Gasteiger partial charge in [0.1, 0.15) is 17.1 Å². The molecule has 3 rings (SSSR count). The van der Waals surface area contributed by atoms with Crippen molar-refractivity contribution in [2.75, 3.05) is 26.7 Å². The van der Waals surface area contributed by atoms with Gasteiger partial charge < -0.3 is 10.0 Å². The Hall–Kier alpha value is -2.32. The van der Waals surface area contributed by atoms with Gasteiger partial charge in [-0.1, -0.05) is 12.1 Å². The number of likely N-dealkylation sites (tertiary alicyclic amines) is 1. The van der Waals surface area contributed by atoms with E-state index in [0.29, 0.717) is 25.2 Å². The first-order valence-electron chi connectivity index (χ1n) is 8.26. The van der Waals surface area contributed by atoms with E-state index < -0.39 is 5.60 Å². The lowest BCUT2D eigenvalue weighted by molar-refractivity contribution is -0.133. The van der Waals surface area contributed by atoms with Gasteiger partial charge in [0, 0.05) is 20.1 Å². The number of aliphatic hydroxyl groups is 1. The van der Waals surface area contributed by atoms with E-state index in [1.807, 2.05) is 4.90 Å². The standard InChI is InChI=1S/C17H22FN5O2/c1-22(10-13-3-5-14(18)6-4-13)16(24)11-23-8-2-7-17(25,12-23)15-9-19-21-20-15/h3-6,9,25H,2,7-8,10-12H2,1H3,(H,19,20,21)/t17-/m1/s1. The third-order valence-electron chi connectivity index (χ3n) is 4.56. The fourth-order valence-corrected chi connectivity index (χ4v) is 3.16. The van der Waals surface area contributed by atoms with Crippen molar-refractivity contribution in [3.63, 3.8) is 0 Å². The Morgan fingerprint density at radius 2 is 2.20 bits per heavy atom. The first-order chi connectivity index (χ1) is 12.0. The molecule has 0 spiro atoms. The maximum absolute atomic E-state index is 13.0. The molecule has 2 aromatic rings. The van der Waals surface area contributed by atoms with E-state index in [1.165, 1.54) is 18.3 Å². The van der Waals surface area contributed by atoms with Gasteiger partial charge in [-0.2, -0.15) is 15.4 Å². The van der Waals surface area contributed by atoms with E-state index in [2.05, 4.69) is 15.4 Å². The number of hydrogen-bond acceptors (Lipinski definition) is 5. The fraction of sp³-hybridized carbons (Fsp3) is 0.471. The lowest BCUT2D eigenvalue weighted by Gasteiger charge is -2.38. The van der Waals surface area contributed by atoms with Gasteiger partial charge in [0.25, 0.3) is 0 Å². The number of amides is 1. The van der Waals surface area contributed by atoms with Gasteiger partial charge in [-0.15, -0.1) is 0 Å². The number of H-pyrrole nitrogens is 1. The average Bonchev–Trinajstić information content (AvgIpc) is 3.12. The topological polar surface area (TPSA) is 85.4 Å². The van der Waals surface area contributed by atoms with Crippen LogP contribution in [-0.2, 0) is 16.9 Å². The molecule has 0 aliphatic carbocycles. The molecule has 2 heterocycles. The first kappa shape index (κ1) is 17.5. The van der Waals surface area contributed by atoms with Crippen molar-refractivity contribution in [2.24, 2.45) is 0 Å². The van der Waals surface area contributed by atoms with Gasteiger partial charge >= 0.3 is 0 Å². The Balaban J connectivity index is 1.57. The summed E-state index contributed by atoms with van der Waals surface area (Å²) in [4.78, 5) is 16.0. The number of halogens is 1. The molecule has 0 saturated carbocycles. The van der Waals surface area contributed by atoms with Gasteiger partial charge in [-0.25, -0.2) is 4.39 Å². The molecule has 1 fully saturated rings. The highest BCUT2D eigenvalue weighted by Gasteiger charge is 2.37. The largest absolute Gasteiger partial charge is 0.382 e. The molecule has 1 amide bonds. The van der Waals surface area contributed by atoms with Crippen molar-refractivity contribution >= 4 is 5.91 Å². The van der Waals surface area contributed by atoms with E-state index in [0.717, 1.165) is 18.5 Å². The predicted octanol–water partition coefficient (Wildman–Crippen LogP) is 0.886. The summed E-state index contributed by atoms with van der Waals surface area (Å²) >= 11 is 0. The Bertz CT molecular complexity index is 706. The molecule has 1 aliphatic heterocycles. The number of nitrogens with zero attached hydrogens (tertiary/aromatic N) is 4. The zero-order valence-corrected chi connectivity index (χ0v) is 14.2. The third kappa shape index (κ3) is 4.21. The second-order valence-corrected chi connectivity index (χ2v) is 6.58. The minimum absolute atomic E-state index is 0.0475. The summed E-state index contributed by atoms with van der Waals surface area (Å²) in [6, 6.07) is 6.11. The second-order valence-electron chi connectivity index (χ2n) is 6.58. The van der Waals surface area contributed by atoms with Crippen LogP contribution in [0.2, 0.25) is 0 Å². The van der Waals surface area contributed by atoms with Gasteiger partial charge in [0.05, 0.1) is 12.7 Å². The lowest BCUT2D eigenvalue weighted by atomic mass is 9.90. The highest BCUT2D eigenvalue weighted by atomic mass is 19.1. The molecule has 0 unspecified atom stereocenters. The van der Waals surface area contributed by atoms with Gasteiger partial charge in [0.2, 0.25) is 5.91 Å². The van der Waals surface area contributed by atoms with Crippen molar-refractivity contribution in [1.82, 2.24) is 25.2 Å². The van der Waals surface area contributed by atoms with Gasteiger partial charge in [0.15, 0.2) is 0 Å². The monoisotopic (exact) mass is 347 g/mol. The summed E-state index contributed by atoms with van der Waals surface area (Å²) < 4.78 is 13.0. The molecule has 2 N–H and O–H groups in total. The molecule has 0 radical (unpaired) electrons. The number of nitrogens with one attached hydrogen (secondary N) is 1. The van der Waals surface area contributed by atoms with Crippen LogP contribution in [-0.4, -0.2) is 62.9 Å². The van der Waals surface area contributed by atoms with E-state index in [9.17, 15) is 14.3 Å². The number of carbonyl (C=O) groups is 1. The zero-order valence-electron chi connectivity index (χ0n) is 14.2. The summed E-state index contributed by atoms with van der Waals surface area (Å²) in [5.41, 5.74) is 0.292. The van der Waals surface area contributed by atoms with Gasteiger partial charge in [-0.05, 0) is 37.1 Å². The molecule has 8 heteroatoms. The quantitative estimate of drug-likeness (QED) is 0.839. The summed E-state index contributed by atoms with van der Waals surface area (Å²) in [5.74, 6) is -0.341. The van der Waals surface area contributed by atoms with Crippen LogP contribution >= 0.6 is 0 Å². The van der Waals surface area contributed by atoms with Crippen molar-refractivity contribution < 1.29 is 14.3 Å². The third-order valence-corrected chi connectivity index (χ3v) is 4.56. The molecular weight excluding hydrogens is 325 g/mol. The Morgan fingerprint density at radius 3 is 2.88 bits per heavy atom. The molecule has 134 valence electrons. The van der Waals surface area contributed by atoms with Crippen molar-refractivity contribution in [3.05, 3.63) is 47.5 Å². The van der Waals surface area contributed by atoms with Crippen LogP contribution < -0.4 is 0 Å². The minimum Gasteiger partial charge on any atom is -0.382 e. The number of β-amino-alcohol motifs (C(OH)–C–C–N with tert-alkyl or cyclic N) is 1. The highest BCUT2D eigenvalue weighted by molar-refractivity contribution is 5.78. The van der Waals surface area contributed by atoms with Crippen molar-refractivity contribution in [3.8, 4) is 0 Å². The number of piperidine rings is 1. The number of aromatic amines is 1. The lowest BCUT2D eigenvalue weighted by Crippen LogP contribution is -2.49. The van der Waals surface area contributed by atoms with E-state index >= 15 is 0 Å². The maximum Gasteiger partial charge on any atom is 0.236 e. The smallest absolute Gasteiger partial charge is 0.236 e. The molecule has 1 aromatic heterocycles. The number of aromatic nitrogens is 3. The van der Waals surface area contributed by atoms with Crippen LogP contribution in [0.4, 0.5) is 4.39 Å². The van der Waals surface area contributed by atoms with Crippen LogP contribution in [0.1, 0.15) is 24.1 Å². The molecule has 7 nitrogen and oxygen atoms in total. The van der Waals surface area contributed by atoms with E-state index in [4.69, 9.17) is 0 Å². The molecule has 0 bridgehead atoms. The molecule has 25 heavy (non-hydrogen) atoms. The molecule has 1 aromatic carbocycles. The highest BCUT2D eigenvalue weighted by Crippen LogP contribution is 2.29. The number of carbonyl (C=O) groups excluding carboxylic acids is 1. The first-order valence-corrected chi connectivity index (χ1v) is 8.26. The average molecular weight is 347 g/mol. The summed E-state index contributed by atoms with van der Waals surface area (Å²) in [7, 11) is 1.72. The fourth-order valence-electron chi connectivity index (χ4n) is 3.16. The molecule has 1 atom stereocenters. The molecule has 1 saturated heterocycles. The van der Waals surface area contributed by atoms with Crippen molar-refractivity contribution in [1.29, 1.82) is 0 Å². The van der Waals surface area contributed by atoms with Gasteiger partial charge in [-0.3, -0.25) is 9.69 Å². The number of benzene rings is 1. The van der Waals surface area contributed by atoms with Crippen LogP contribution in [0.3, 0.4) is 0 Å². The Kier molecular flexibility index (Phi) is 5.10. The summed E-state index contributed by atoms with van der Waals surface area (Å²) in [6.07, 6.45) is 2.89. The van der Waals surface area contributed by atoms with E-state index in [1.54, 1.807) is 24.1 Å². The second kappa shape index (κ2) is 7.28. The minimum atomic E-state index is -1.08. The van der Waals surface area contributed by atoms with Crippen LogP contribution in [0.25, 0.3) is 0 Å².